The molecule has 106 valence electrons. The smallest absolute Gasteiger partial charge is 0.338 e. The Labute approximate surface area is 121 Å². The van der Waals surface area contributed by atoms with Crippen LogP contribution in [0.4, 0.5) is 0 Å². The fourth-order valence-corrected chi connectivity index (χ4v) is 1.89. The number of carbonyl (C=O) groups excluding carboxylic acids is 1. The molecule has 1 aromatic carbocycles. The van der Waals surface area contributed by atoms with E-state index in [9.17, 15) is 4.79 Å². The maximum Gasteiger partial charge on any atom is 0.338 e. The Morgan fingerprint density at radius 2 is 1.95 bits per heavy atom. The average molecular weight is 283 g/mol. The summed E-state index contributed by atoms with van der Waals surface area (Å²) in [4.78, 5) is 15.9. The molecule has 3 rings (SSSR count). The van der Waals surface area contributed by atoms with Crippen LogP contribution in [0.5, 0.6) is 0 Å². The van der Waals surface area contributed by atoms with Gasteiger partial charge in [-0.25, -0.2) is 4.79 Å². The molecular weight excluding hydrogens is 270 g/mol. The van der Waals surface area contributed by atoms with Crippen LogP contribution in [0, 0.1) is 6.92 Å². The van der Waals surface area contributed by atoms with Crippen molar-refractivity contribution in [2.24, 2.45) is 0 Å². The zero-order chi connectivity index (χ0) is 14.7. The van der Waals surface area contributed by atoms with Crippen molar-refractivity contribution < 1.29 is 14.1 Å². The largest absolute Gasteiger partial charge is 0.452 e. The Bertz CT molecular complexity index is 730. The van der Waals surface area contributed by atoms with E-state index in [1.807, 2.05) is 41.2 Å². The minimum Gasteiger partial charge on any atom is -0.452 e. The summed E-state index contributed by atoms with van der Waals surface area (Å²) < 4.78 is 11.9. The number of aromatic nitrogens is 3. The van der Waals surface area contributed by atoms with E-state index in [4.69, 9.17) is 9.26 Å². The molecule has 0 fully saturated rings. The van der Waals surface area contributed by atoms with Crippen LogP contribution in [0.25, 0.3) is 5.69 Å². The van der Waals surface area contributed by atoms with Gasteiger partial charge in [0.05, 0.1) is 5.56 Å². The number of ether oxygens (including phenoxy) is 1. The fourth-order valence-electron chi connectivity index (χ4n) is 1.89. The van der Waals surface area contributed by atoms with Gasteiger partial charge in [-0.15, -0.1) is 0 Å². The third-order valence-corrected chi connectivity index (χ3v) is 2.90. The zero-order valence-electron chi connectivity index (χ0n) is 11.4. The van der Waals surface area contributed by atoms with Crippen LogP contribution in [0.2, 0.25) is 0 Å². The molecule has 6 nitrogen and oxygen atoms in total. The highest BCUT2D eigenvalue weighted by Crippen LogP contribution is 2.11. The maximum absolute atomic E-state index is 11.9. The van der Waals surface area contributed by atoms with Crippen molar-refractivity contribution in [3.63, 3.8) is 0 Å². The Kier molecular flexibility index (Phi) is 3.51. The highest BCUT2D eigenvalue weighted by Gasteiger charge is 2.10. The number of benzene rings is 1. The van der Waals surface area contributed by atoms with Gasteiger partial charge in [0.1, 0.15) is 0 Å². The van der Waals surface area contributed by atoms with Crippen LogP contribution >= 0.6 is 0 Å². The second-order valence-corrected chi connectivity index (χ2v) is 4.45. The van der Waals surface area contributed by atoms with E-state index < -0.39 is 5.97 Å². The van der Waals surface area contributed by atoms with Crippen LogP contribution < -0.4 is 0 Å². The van der Waals surface area contributed by atoms with Gasteiger partial charge >= 0.3 is 5.97 Å². The molecule has 0 unspecified atom stereocenters. The summed E-state index contributed by atoms with van der Waals surface area (Å²) in [6, 6.07) is 11.0. The Morgan fingerprint density at radius 1 is 1.24 bits per heavy atom. The van der Waals surface area contributed by atoms with Crippen molar-refractivity contribution in [2.45, 2.75) is 13.5 Å². The van der Waals surface area contributed by atoms with Crippen LogP contribution in [-0.2, 0) is 11.3 Å². The molecule has 2 aromatic heterocycles. The van der Waals surface area contributed by atoms with E-state index in [1.165, 1.54) is 0 Å². The molecule has 21 heavy (non-hydrogen) atoms. The number of hydrogen-bond donors (Lipinski definition) is 0. The van der Waals surface area contributed by atoms with Gasteiger partial charge in [0.15, 0.2) is 12.4 Å². The summed E-state index contributed by atoms with van der Waals surface area (Å²) in [6.45, 7) is 1.67. The molecule has 0 atom stereocenters. The van der Waals surface area contributed by atoms with E-state index in [0.29, 0.717) is 11.4 Å². The second-order valence-electron chi connectivity index (χ2n) is 4.45. The fraction of sp³-hybridized carbons (Fsp3) is 0.133. The Morgan fingerprint density at radius 3 is 2.57 bits per heavy atom. The molecule has 6 heteroatoms. The predicted octanol–water partition coefficient (Wildman–Crippen LogP) is 2.53. The minimum atomic E-state index is -0.426. The number of carbonyl (C=O) groups is 1. The number of nitrogens with zero attached hydrogens (tertiary/aromatic N) is 3. The predicted molar refractivity (Wildman–Crippen MR) is 73.9 cm³/mol. The first-order chi connectivity index (χ1) is 10.2. The number of rotatable bonds is 4. The first-order valence-corrected chi connectivity index (χ1v) is 6.42. The van der Waals surface area contributed by atoms with Gasteiger partial charge in [0.2, 0.25) is 0 Å². The minimum absolute atomic E-state index is 0.0287. The summed E-state index contributed by atoms with van der Waals surface area (Å²) >= 11 is 0. The SMILES string of the molecule is Cc1noc(COC(=O)c2ccc(-n3cccc3)cc2)n1. The van der Waals surface area contributed by atoms with Gasteiger partial charge in [0, 0.05) is 18.1 Å². The first-order valence-electron chi connectivity index (χ1n) is 6.42. The van der Waals surface area contributed by atoms with E-state index in [1.54, 1.807) is 19.1 Å². The monoisotopic (exact) mass is 283 g/mol. The average Bonchev–Trinajstić information content (AvgIpc) is 3.16. The standard InChI is InChI=1S/C15H13N3O3/c1-11-16-14(21-17-11)10-20-15(19)12-4-6-13(7-5-12)18-8-2-3-9-18/h2-9H,10H2,1H3. The van der Waals surface area contributed by atoms with Crippen molar-refractivity contribution in [2.75, 3.05) is 0 Å². The van der Waals surface area contributed by atoms with Crippen LogP contribution in [-0.4, -0.2) is 20.7 Å². The van der Waals surface area contributed by atoms with Gasteiger partial charge in [-0.05, 0) is 43.3 Å². The van der Waals surface area contributed by atoms with Gasteiger partial charge in [-0.3, -0.25) is 0 Å². The Hall–Kier alpha value is -2.89. The highest BCUT2D eigenvalue weighted by molar-refractivity contribution is 5.89. The number of esters is 1. The molecular formula is C15H13N3O3. The quantitative estimate of drug-likeness (QED) is 0.688. The van der Waals surface area contributed by atoms with Crippen LogP contribution in [0.1, 0.15) is 22.1 Å². The van der Waals surface area contributed by atoms with Crippen molar-refractivity contribution >= 4 is 5.97 Å². The normalized spacial score (nSPS) is 10.5. The molecule has 0 amide bonds. The van der Waals surface area contributed by atoms with Gasteiger partial charge in [-0.1, -0.05) is 5.16 Å². The van der Waals surface area contributed by atoms with Gasteiger partial charge in [-0.2, -0.15) is 4.98 Å². The van der Waals surface area contributed by atoms with Crippen LogP contribution in [0.3, 0.4) is 0 Å². The molecule has 0 aliphatic carbocycles. The summed E-state index contributed by atoms with van der Waals surface area (Å²) in [5.74, 6) is 0.367. The van der Waals surface area contributed by atoms with Gasteiger partial charge < -0.3 is 13.8 Å². The summed E-state index contributed by atoms with van der Waals surface area (Å²) in [5.41, 5.74) is 1.45. The first kappa shape index (κ1) is 13.1. The van der Waals surface area contributed by atoms with E-state index in [0.717, 1.165) is 5.69 Å². The molecule has 2 heterocycles. The maximum atomic E-state index is 11.9. The lowest BCUT2D eigenvalue weighted by molar-refractivity contribution is 0.0430. The van der Waals surface area contributed by atoms with Crippen molar-refractivity contribution in [1.82, 2.24) is 14.7 Å². The second kappa shape index (κ2) is 5.62. The molecule has 0 aliphatic heterocycles. The van der Waals surface area contributed by atoms with Gasteiger partial charge in [0.25, 0.3) is 5.89 Å². The molecule has 0 aliphatic rings. The zero-order valence-corrected chi connectivity index (χ0v) is 11.4. The summed E-state index contributed by atoms with van der Waals surface area (Å²) in [5, 5.41) is 3.63. The third kappa shape index (κ3) is 3.00. The molecule has 0 N–H and O–H groups in total. The third-order valence-electron chi connectivity index (χ3n) is 2.90. The summed E-state index contributed by atoms with van der Waals surface area (Å²) in [7, 11) is 0. The summed E-state index contributed by atoms with van der Waals surface area (Å²) in [6.07, 6.45) is 3.87. The molecule has 0 saturated carbocycles. The van der Waals surface area contributed by atoms with Crippen LogP contribution in [0.15, 0.2) is 53.3 Å². The molecule has 0 spiro atoms. The number of aryl methyl sites for hydroxylation is 1. The topological polar surface area (TPSA) is 70.2 Å². The lowest BCUT2D eigenvalue weighted by Crippen LogP contribution is -2.05. The van der Waals surface area contributed by atoms with E-state index in [-0.39, 0.29) is 12.5 Å². The lowest BCUT2D eigenvalue weighted by Gasteiger charge is -2.05. The molecule has 3 aromatic rings. The molecule has 0 radical (unpaired) electrons. The van der Waals surface area contributed by atoms with Crippen molar-refractivity contribution in [1.29, 1.82) is 0 Å². The van der Waals surface area contributed by atoms with Crippen molar-refractivity contribution in [3.05, 3.63) is 66.1 Å². The lowest BCUT2D eigenvalue weighted by atomic mass is 10.2. The Balaban J connectivity index is 1.65. The highest BCUT2D eigenvalue weighted by atomic mass is 16.6. The van der Waals surface area contributed by atoms with E-state index >= 15 is 0 Å². The molecule has 0 saturated heterocycles. The van der Waals surface area contributed by atoms with Crippen molar-refractivity contribution in [3.8, 4) is 5.69 Å². The van der Waals surface area contributed by atoms with E-state index in [2.05, 4.69) is 10.1 Å². The molecule has 0 bridgehead atoms. The number of hydrogen-bond acceptors (Lipinski definition) is 5.